The molecular formula is C23H18N4O4. The highest BCUT2D eigenvalue weighted by Gasteiger charge is 2.18. The van der Waals surface area contributed by atoms with Crippen LogP contribution in [0.3, 0.4) is 0 Å². The zero-order chi connectivity index (χ0) is 21.4. The zero-order valence-electron chi connectivity index (χ0n) is 16.8. The number of hydrogen-bond donors (Lipinski definition) is 1. The number of aryl methyl sites for hydroxylation is 1. The van der Waals surface area contributed by atoms with Gasteiger partial charge >= 0.3 is 0 Å². The fourth-order valence-electron chi connectivity index (χ4n) is 3.29. The Balaban J connectivity index is 1.45. The molecule has 0 aliphatic heterocycles. The second kappa shape index (κ2) is 7.49. The number of nitrogens with zero attached hydrogens (tertiary/aromatic N) is 3. The van der Waals surface area contributed by atoms with Crippen molar-refractivity contribution in [2.75, 3.05) is 12.4 Å². The smallest absolute Gasteiger partial charge is 0.277 e. The monoisotopic (exact) mass is 414 g/mol. The van der Waals surface area contributed by atoms with Crippen molar-refractivity contribution in [2.24, 2.45) is 0 Å². The minimum absolute atomic E-state index is 0.127. The van der Waals surface area contributed by atoms with Gasteiger partial charge in [0.05, 0.1) is 24.8 Å². The number of carbonyl (C=O) groups is 1. The Kier molecular flexibility index (Phi) is 4.51. The number of methoxy groups -OCH3 is 1. The molecule has 1 amide bonds. The number of amides is 1. The summed E-state index contributed by atoms with van der Waals surface area (Å²) in [5.41, 5.74) is 4.24. The van der Waals surface area contributed by atoms with Gasteiger partial charge in [0.1, 0.15) is 11.4 Å². The molecule has 8 heteroatoms. The van der Waals surface area contributed by atoms with E-state index < -0.39 is 5.91 Å². The van der Waals surface area contributed by atoms with Crippen molar-refractivity contribution in [3.8, 4) is 28.5 Å². The molecule has 0 saturated heterocycles. The van der Waals surface area contributed by atoms with Crippen LogP contribution in [0.2, 0.25) is 0 Å². The fourth-order valence-corrected chi connectivity index (χ4v) is 3.29. The van der Waals surface area contributed by atoms with Crippen LogP contribution >= 0.6 is 0 Å². The third-order valence-corrected chi connectivity index (χ3v) is 4.87. The maximum atomic E-state index is 12.8. The molecule has 4 heterocycles. The van der Waals surface area contributed by atoms with E-state index in [4.69, 9.17) is 13.7 Å². The van der Waals surface area contributed by atoms with Crippen molar-refractivity contribution >= 4 is 17.2 Å². The number of carbonyl (C=O) groups excluding carboxylic acids is 1. The van der Waals surface area contributed by atoms with Crippen molar-refractivity contribution < 1.29 is 18.5 Å². The highest BCUT2D eigenvalue weighted by atomic mass is 16.5. The maximum absolute atomic E-state index is 12.8. The minimum atomic E-state index is -0.428. The van der Waals surface area contributed by atoms with Gasteiger partial charge in [0.15, 0.2) is 11.5 Å². The molecule has 5 rings (SSSR count). The lowest BCUT2D eigenvalue weighted by Gasteiger charge is -2.10. The van der Waals surface area contributed by atoms with Gasteiger partial charge in [0, 0.05) is 24.0 Å². The van der Waals surface area contributed by atoms with Crippen molar-refractivity contribution in [3.63, 3.8) is 0 Å². The van der Waals surface area contributed by atoms with Crippen molar-refractivity contribution in [1.82, 2.24) is 14.5 Å². The van der Waals surface area contributed by atoms with Gasteiger partial charge in [-0.15, -0.1) is 0 Å². The molecule has 0 unspecified atom stereocenters. The molecule has 0 fully saturated rings. The van der Waals surface area contributed by atoms with Gasteiger partial charge in [-0.2, -0.15) is 0 Å². The minimum Gasteiger partial charge on any atom is -0.495 e. The Morgan fingerprint density at radius 3 is 2.84 bits per heavy atom. The van der Waals surface area contributed by atoms with Gasteiger partial charge in [-0.05, 0) is 55.0 Å². The van der Waals surface area contributed by atoms with Crippen molar-refractivity contribution in [1.29, 1.82) is 0 Å². The number of hydrogen-bond acceptors (Lipinski definition) is 6. The molecular weight excluding hydrogens is 396 g/mol. The van der Waals surface area contributed by atoms with Crippen LogP contribution in [0.4, 0.5) is 5.69 Å². The van der Waals surface area contributed by atoms with Gasteiger partial charge in [-0.3, -0.25) is 4.79 Å². The number of ether oxygens (including phenoxy) is 1. The fraction of sp³-hybridized carbons (Fsp3) is 0.0870. The van der Waals surface area contributed by atoms with Crippen LogP contribution < -0.4 is 10.1 Å². The molecule has 0 atom stereocenters. The lowest BCUT2D eigenvalue weighted by atomic mass is 10.1. The summed E-state index contributed by atoms with van der Waals surface area (Å²) < 4.78 is 17.8. The summed E-state index contributed by atoms with van der Waals surface area (Å²) >= 11 is 0. The van der Waals surface area contributed by atoms with Crippen LogP contribution in [0, 0.1) is 6.92 Å². The number of nitrogens with one attached hydrogen (secondary N) is 1. The summed E-state index contributed by atoms with van der Waals surface area (Å²) in [6.45, 7) is 2.02. The Labute approximate surface area is 177 Å². The Morgan fingerprint density at radius 1 is 1.13 bits per heavy atom. The highest BCUT2D eigenvalue weighted by Crippen LogP contribution is 2.31. The Hall–Kier alpha value is -4.33. The lowest BCUT2D eigenvalue weighted by molar-refractivity contribution is 0.101. The number of rotatable bonds is 5. The number of aromatic nitrogens is 3. The summed E-state index contributed by atoms with van der Waals surface area (Å²) in [7, 11) is 1.55. The topological polar surface area (TPSA) is 94.8 Å². The Morgan fingerprint density at radius 2 is 2.03 bits per heavy atom. The van der Waals surface area contributed by atoms with Gasteiger partial charge in [-0.1, -0.05) is 5.16 Å². The number of fused-ring (bicyclic) bond motifs is 1. The maximum Gasteiger partial charge on any atom is 0.277 e. The quantitative estimate of drug-likeness (QED) is 0.443. The van der Waals surface area contributed by atoms with E-state index in [1.54, 1.807) is 25.3 Å². The van der Waals surface area contributed by atoms with E-state index in [9.17, 15) is 4.79 Å². The van der Waals surface area contributed by atoms with Gasteiger partial charge in [-0.25, -0.2) is 4.98 Å². The number of imidazole rings is 1. The average molecular weight is 414 g/mol. The molecule has 1 N–H and O–H groups in total. The number of furan rings is 1. The van der Waals surface area contributed by atoms with Crippen LogP contribution in [0.25, 0.3) is 28.4 Å². The molecule has 154 valence electrons. The molecule has 8 nitrogen and oxygen atoms in total. The van der Waals surface area contributed by atoms with Crippen LogP contribution in [0.1, 0.15) is 16.1 Å². The Bertz CT molecular complexity index is 1380. The molecule has 1 aromatic carbocycles. The van der Waals surface area contributed by atoms with E-state index in [1.807, 2.05) is 48.0 Å². The number of anilines is 1. The molecule has 0 aliphatic rings. The van der Waals surface area contributed by atoms with E-state index in [2.05, 4.69) is 15.5 Å². The van der Waals surface area contributed by atoms with Crippen LogP contribution in [0.5, 0.6) is 5.75 Å². The number of pyridine rings is 1. The van der Waals surface area contributed by atoms with Crippen LogP contribution in [-0.2, 0) is 0 Å². The van der Waals surface area contributed by atoms with E-state index in [0.29, 0.717) is 23.0 Å². The molecule has 0 radical (unpaired) electrons. The second-order valence-corrected chi connectivity index (χ2v) is 7.02. The average Bonchev–Trinajstić information content (AvgIpc) is 3.53. The SMILES string of the molecule is COc1ccc(-c2cn3ccc(C)cc3n2)cc1NC(=O)c1cc(-c2ccco2)on1. The van der Waals surface area contributed by atoms with Gasteiger partial charge in [0.25, 0.3) is 5.91 Å². The number of benzene rings is 1. The molecule has 4 aromatic heterocycles. The van der Waals surface area contributed by atoms with Gasteiger partial charge < -0.3 is 23.4 Å². The van der Waals surface area contributed by atoms with E-state index >= 15 is 0 Å². The highest BCUT2D eigenvalue weighted by molar-refractivity contribution is 6.04. The van der Waals surface area contributed by atoms with Crippen LogP contribution in [-0.4, -0.2) is 27.6 Å². The molecule has 31 heavy (non-hydrogen) atoms. The first kappa shape index (κ1) is 18.7. The first-order valence-corrected chi connectivity index (χ1v) is 9.56. The van der Waals surface area contributed by atoms with Crippen molar-refractivity contribution in [2.45, 2.75) is 6.92 Å². The van der Waals surface area contributed by atoms with E-state index in [0.717, 1.165) is 22.5 Å². The van der Waals surface area contributed by atoms with Crippen molar-refractivity contribution in [3.05, 3.63) is 78.4 Å². The predicted octanol–water partition coefficient (Wildman–Crippen LogP) is 4.82. The third-order valence-electron chi connectivity index (χ3n) is 4.87. The zero-order valence-corrected chi connectivity index (χ0v) is 16.8. The summed E-state index contributed by atoms with van der Waals surface area (Å²) in [4.78, 5) is 17.4. The summed E-state index contributed by atoms with van der Waals surface area (Å²) in [5.74, 6) is 0.957. The molecule has 0 saturated carbocycles. The second-order valence-electron chi connectivity index (χ2n) is 7.02. The normalized spacial score (nSPS) is 11.0. The van der Waals surface area contributed by atoms with E-state index in [-0.39, 0.29) is 5.69 Å². The predicted molar refractivity (Wildman–Crippen MR) is 114 cm³/mol. The third kappa shape index (κ3) is 3.55. The largest absolute Gasteiger partial charge is 0.495 e. The molecule has 0 aliphatic carbocycles. The first-order chi connectivity index (χ1) is 15.1. The van der Waals surface area contributed by atoms with Gasteiger partial charge in [0.2, 0.25) is 5.76 Å². The molecule has 0 bridgehead atoms. The van der Waals surface area contributed by atoms with E-state index in [1.165, 1.54) is 12.3 Å². The molecule has 0 spiro atoms. The van der Waals surface area contributed by atoms with Crippen LogP contribution in [0.15, 0.2) is 76.1 Å². The lowest BCUT2D eigenvalue weighted by Crippen LogP contribution is -2.13. The summed E-state index contributed by atoms with van der Waals surface area (Å²) in [6.07, 6.45) is 5.43. The standard InChI is InChI=1S/C23H18N4O4/c1-14-7-8-27-13-18(24-22(27)10-14)15-5-6-19(29-2)16(11-15)25-23(28)17-12-21(31-26-17)20-4-3-9-30-20/h3-13H,1-2H3,(H,25,28). The summed E-state index contributed by atoms with van der Waals surface area (Å²) in [5, 5.41) is 6.68. The summed E-state index contributed by atoms with van der Waals surface area (Å²) in [6, 6.07) is 14.5. The molecule has 5 aromatic rings. The first-order valence-electron chi connectivity index (χ1n) is 9.56.